The molecule has 29 heavy (non-hydrogen) atoms. The van der Waals surface area contributed by atoms with Crippen molar-refractivity contribution < 1.29 is 14.5 Å². The molecule has 2 aromatic carbocycles. The van der Waals surface area contributed by atoms with Gasteiger partial charge in [-0.3, -0.25) is 19.7 Å². The van der Waals surface area contributed by atoms with Crippen LogP contribution in [0.15, 0.2) is 54.6 Å². The molecule has 0 saturated heterocycles. The number of benzene rings is 2. The van der Waals surface area contributed by atoms with E-state index in [9.17, 15) is 19.7 Å². The van der Waals surface area contributed by atoms with Gasteiger partial charge < -0.3 is 10.2 Å². The molecular formula is C22H27N3O4. The van der Waals surface area contributed by atoms with E-state index in [1.54, 1.807) is 25.1 Å². The third-order valence-electron chi connectivity index (χ3n) is 4.58. The van der Waals surface area contributed by atoms with Crippen LogP contribution in [0.4, 0.5) is 5.69 Å². The number of nitro groups is 1. The van der Waals surface area contributed by atoms with Crippen LogP contribution in [0, 0.1) is 16.0 Å². The van der Waals surface area contributed by atoms with E-state index in [-0.39, 0.29) is 36.4 Å². The van der Waals surface area contributed by atoms with Crippen LogP contribution in [0.25, 0.3) is 0 Å². The number of rotatable bonds is 9. The summed E-state index contributed by atoms with van der Waals surface area (Å²) in [5.41, 5.74) is 1.11. The van der Waals surface area contributed by atoms with Crippen LogP contribution in [-0.2, 0) is 22.6 Å². The molecular weight excluding hydrogens is 370 g/mol. The van der Waals surface area contributed by atoms with Gasteiger partial charge in [0, 0.05) is 24.7 Å². The van der Waals surface area contributed by atoms with Crippen LogP contribution in [-0.4, -0.2) is 34.2 Å². The first kappa shape index (κ1) is 22.1. The molecule has 0 aliphatic carbocycles. The molecule has 0 fully saturated rings. The van der Waals surface area contributed by atoms with Gasteiger partial charge in [-0.25, -0.2) is 0 Å². The molecule has 2 amide bonds. The summed E-state index contributed by atoms with van der Waals surface area (Å²) in [6.45, 7) is 6.42. The molecule has 0 aliphatic rings. The molecule has 2 aromatic rings. The Balaban J connectivity index is 2.25. The zero-order valence-corrected chi connectivity index (χ0v) is 17.0. The van der Waals surface area contributed by atoms with Gasteiger partial charge in [-0.1, -0.05) is 62.4 Å². The Morgan fingerprint density at radius 1 is 1.03 bits per heavy atom. The van der Waals surface area contributed by atoms with E-state index in [0.717, 1.165) is 5.56 Å². The monoisotopic (exact) mass is 397 g/mol. The summed E-state index contributed by atoms with van der Waals surface area (Å²) in [6, 6.07) is 14.8. The molecule has 1 atom stereocenters. The second-order valence-electron chi connectivity index (χ2n) is 7.38. The minimum atomic E-state index is -0.704. The highest BCUT2D eigenvalue weighted by molar-refractivity contribution is 5.88. The van der Waals surface area contributed by atoms with Crippen LogP contribution < -0.4 is 5.32 Å². The van der Waals surface area contributed by atoms with Gasteiger partial charge in [0.2, 0.25) is 11.8 Å². The van der Waals surface area contributed by atoms with E-state index >= 15 is 0 Å². The minimum Gasteiger partial charge on any atom is -0.354 e. The number of hydrogen-bond donors (Lipinski definition) is 1. The lowest BCUT2D eigenvalue weighted by Gasteiger charge is -2.29. The normalized spacial score (nSPS) is 11.7. The predicted molar refractivity (Wildman–Crippen MR) is 111 cm³/mol. The molecule has 0 heterocycles. The van der Waals surface area contributed by atoms with E-state index in [2.05, 4.69) is 5.32 Å². The van der Waals surface area contributed by atoms with Crippen molar-refractivity contribution in [2.45, 2.75) is 39.8 Å². The van der Waals surface area contributed by atoms with Gasteiger partial charge in [-0.2, -0.15) is 0 Å². The smallest absolute Gasteiger partial charge is 0.273 e. The summed E-state index contributed by atoms with van der Waals surface area (Å²) in [6.07, 6.45) is -0.147. The number of para-hydroxylation sites is 1. The van der Waals surface area contributed by atoms with Crippen LogP contribution in [0.1, 0.15) is 31.9 Å². The maximum Gasteiger partial charge on any atom is 0.273 e. The number of nitrogens with one attached hydrogen (secondary N) is 1. The molecule has 0 aromatic heterocycles. The van der Waals surface area contributed by atoms with Gasteiger partial charge in [0.1, 0.15) is 6.04 Å². The van der Waals surface area contributed by atoms with Crippen LogP contribution >= 0.6 is 0 Å². The Bertz CT molecular complexity index is 852. The Hall–Kier alpha value is -3.22. The molecule has 0 saturated carbocycles. The Kier molecular flexibility index (Phi) is 7.88. The van der Waals surface area contributed by atoms with Crippen molar-refractivity contribution in [3.63, 3.8) is 0 Å². The summed E-state index contributed by atoms with van der Waals surface area (Å²) in [5, 5.41) is 14.1. The third-order valence-corrected chi connectivity index (χ3v) is 4.58. The van der Waals surface area contributed by atoms with Crippen molar-refractivity contribution in [1.29, 1.82) is 0 Å². The molecule has 0 radical (unpaired) electrons. The van der Waals surface area contributed by atoms with Gasteiger partial charge in [0.05, 0.1) is 11.3 Å². The fourth-order valence-electron chi connectivity index (χ4n) is 2.92. The molecule has 2 rings (SSSR count). The Morgan fingerprint density at radius 3 is 2.28 bits per heavy atom. The van der Waals surface area contributed by atoms with Crippen molar-refractivity contribution in [2.75, 3.05) is 6.54 Å². The first-order chi connectivity index (χ1) is 13.8. The zero-order chi connectivity index (χ0) is 21.4. The molecule has 7 heteroatoms. The topological polar surface area (TPSA) is 92.6 Å². The number of nitrogens with zero attached hydrogens (tertiary/aromatic N) is 2. The first-order valence-electron chi connectivity index (χ1n) is 9.63. The SMILES string of the molecule is CC(C)CNC(=O)C(C)N(Cc1ccccc1)C(=O)Cc1ccccc1[N+](=O)[O-]. The number of amides is 2. The van der Waals surface area contributed by atoms with E-state index in [0.29, 0.717) is 12.1 Å². The lowest BCUT2D eigenvalue weighted by atomic mass is 10.1. The Morgan fingerprint density at radius 2 is 1.66 bits per heavy atom. The number of carbonyl (C=O) groups excluding carboxylic acids is 2. The standard InChI is InChI=1S/C22H27N3O4/c1-16(2)14-23-22(27)17(3)24(15-18-9-5-4-6-10-18)21(26)13-19-11-7-8-12-20(19)25(28)29/h4-12,16-17H,13-15H2,1-3H3,(H,23,27). The average molecular weight is 397 g/mol. The van der Waals surface area contributed by atoms with Gasteiger partial charge >= 0.3 is 0 Å². The summed E-state index contributed by atoms with van der Waals surface area (Å²) in [7, 11) is 0. The zero-order valence-electron chi connectivity index (χ0n) is 17.0. The van der Waals surface area contributed by atoms with E-state index in [1.807, 2.05) is 44.2 Å². The van der Waals surface area contributed by atoms with Crippen LogP contribution in [0.2, 0.25) is 0 Å². The second kappa shape index (κ2) is 10.4. The average Bonchev–Trinajstić information content (AvgIpc) is 2.70. The summed E-state index contributed by atoms with van der Waals surface area (Å²) >= 11 is 0. The molecule has 7 nitrogen and oxygen atoms in total. The number of carbonyl (C=O) groups is 2. The molecule has 1 N–H and O–H groups in total. The summed E-state index contributed by atoms with van der Waals surface area (Å²) in [5.74, 6) is -0.294. The van der Waals surface area contributed by atoms with Gasteiger partial charge in [0.25, 0.3) is 5.69 Å². The summed E-state index contributed by atoms with van der Waals surface area (Å²) < 4.78 is 0. The molecule has 0 aliphatic heterocycles. The predicted octanol–water partition coefficient (Wildman–Crippen LogP) is 3.33. The van der Waals surface area contributed by atoms with Gasteiger partial charge in [-0.15, -0.1) is 0 Å². The molecule has 1 unspecified atom stereocenters. The fourth-order valence-corrected chi connectivity index (χ4v) is 2.92. The quantitative estimate of drug-likeness (QED) is 0.519. The van der Waals surface area contributed by atoms with Crippen molar-refractivity contribution in [3.05, 3.63) is 75.8 Å². The lowest BCUT2D eigenvalue weighted by molar-refractivity contribution is -0.385. The van der Waals surface area contributed by atoms with E-state index in [4.69, 9.17) is 0 Å². The van der Waals surface area contributed by atoms with E-state index < -0.39 is 11.0 Å². The lowest BCUT2D eigenvalue weighted by Crippen LogP contribution is -2.48. The van der Waals surface area contributed by atoms with Crippen molar-refractivity contribution in [3.8, 4) is 0 Å². The summed E-state index contributed by atoms with van der Waals surface area (Å²) in [4.78, 5) is 37.9. The number of hydrogen-bond acceptors (Lipinski definition) is 4. The largest absolute Gasteiger partial charge is 0.354 e. The van der Waals surface area contributed by atoms with Crippen molar-refractivity contribution in [1.82, 2.24) is 10.2 Å². The third kappa shape index (κ3) is 6.41. The maximum atomic E-state index is 13.1. The van der Waals surface area contributed by atoms with Crippen LogP contribution in [0.5, 0.6) is 0 Å². The second-order valence-corrected chi connectivity index (χ2v) is 7.38. The highest BCUT2D eigenvalue weighted by Crippen LogP contribution is 2.20. The molecule has 0 spiro atoms. The first-order valence-corrected chi connectivity index (χ1v) is 9.63. The molecule has 154 valence electrons. The van der Waals surface area contributed by atoms with Gasteiger partial charge in [-0.05, 0) is 18.4 Å². The highest BCUT2D eigenvalue weighted by Gasteiger charge is 2.27. The van der Waals surface area contributed by atoms with Gasteiger partial charge in [0.15, 0.2) is 0 Å². The van der Waals surface area contributed by atoms with Crippen molar-refractivity contribution >= 4 is 17.5 Å². The molecule has 0 bridgehead atoms. The van der Waals surface area contributed by atoms with E-state index in [1.165, 1.54) is 11.0 Å². The maximum absolute atomic E-state index is 13.1. The van der Waals surface area contributed by atoms with Crippen LogP contribution in [0.3, 0.4) is 0 Å². The highest BCUT2D eigenvalue weighted by atomic mass is 16.6. The minimum absolute atomic E-state index is 0.0996. The Labute approximate surface area is 170 Å². The fraction of sp³-hybridized carbons (Fsp3) is 0.364. The number of nitro benzene ring substituents is 1. The van der Waals surface area contributed by atoms with Crippen molar-refractivity contribution in [2.24, 2.45) is 5.92 Å².